The summed E-state index contributed by atoms with van der Waals surface area (Å²) in [6, 6.07) is 6.38. The molecule has 0 saturated heterocycles. The summed E-state index contributed by atoms with van der Waals surface area (Å²) in [6.45, 7) is 3.58. The van der Waals surface area contributed by atoms with Crippen LogP contribution < -0.4 is 4.74 Å². The van der Waals surface area contributed by atoms with Crippen LogP contribution in [0.25, 0.3) is 0 Å². The molecule has 0 atom stereocenters. The van der Waals surface area contributed by atoms with Crippen molar-refractivity contribution >= 4 is 17.3 Å². The van der Waals surface area contributed by atoms with Gasteiger partial charge in [0, 0.05) is 11.8 Å². The standard InChI is InChI=1S/C13H12ClN3O3/c1-8-3-4-11(10(5-8)17(18)19)20-7-13-15-9(2)6-12(14)16-13/h3-6H,7H2,1-2H3. The molecule has 1 heterocycles. The van der Waals surface area contributed by atoms with Crippen molar-refractivity contribution < 1.29 is 9.66 Å². The Bertz CT molecular complexity index is 641. The zero-order valence-electron chi connectivity index (χ0n) is 11.0. The molecule has 0 aliphatic rings. The van der Waals surface area contributed by atoms with Gasteiger partial charge in [-0.2, -0.15) is 0 Å². The molecular weight excluding hydrogens is 282 g/mol. The fourth-order valence-corrected chi connectivity index (χ4v) is 1.94. The lowest BCUT2D eigenvalue weighted by Crippen LogP contribution is -2.04. The van der Waals surface area contributed by atoms with Crippen LogP contribution in [0.2, 0.25) is 5.15 Å². The zero-order chi connectivity index (χ0) is 14.7. The molecule has 0 unspecified atom stereocenters. The average molecular weight is 294 g/mol. The van der Waals surface area contributed by atoms with E-state index in [-0.39, 0.29) is 18.0 Å². The van der Waals surface area contributed by atoms with E-state index in [0.29, 0.717) is 16.7 Å². The third-order valence-corrected chi connectivity index (χ3v) is 2.73. The van der Waals surface area contributed by atoms with Gasteiger partial charge < -0.3 is 4.74 Å². The fraction of sp³-hybridized carbons (Fsp3) is 0.231. The maximum Gasteiger partial charge on any atom is 0.311 e. The average Bonchev–Trinajstić information content (AvgIpc) is 2.36. The van der Waals surface area contributed by atoms with Crippen LogP contribution in [0.5, 0.6) is 5.75 Å². The van der Waals surface area contributed by atoms with Crippen molar-refractivity contribution in [3.05, 3.63) is 56.6 Å². The van der Waals surface area contributed by atoms with Crippen LogP contribution in [0.15, 0.2) is 24.3 Å². The van der Waals surface area contributed by atoms with Crippen LogP contribution in [-0.4, -0.2) is 14.9 Å². The number of hydrogen-bond donors (Lipinski definition) is 0. The monoisotopic (exact) mass is 293 g/mol. The van der Waals surface area contributed by atoms with Gasteiger partial charge >= 0.3 is 5.69 Å². The smallest absolute Gasteiger partial charge is 0.311 e. The molecule has 104 valence electrons. The van der Waals surface area contributed by atoms with E-state index in [1.165, 1.54) is 6.07 Å². The van der Waals surface area contributed by atoms with E-state index in [9.17, 15) is 10.1 Å². The topological polar surface area (TPSA) is 78.2 Å². The lowest BCUT2D eigenvalue weighted by atomic mass is 10.2. The van der Waals surface area contributed by atoms with E-state index in [4.69, 9.17) is 16.3 Å². The second-order valence-corrected chi connectivity index (χ2v) is 4.65. The maximum absolute atomic E-state index is 11.0. The van der Waals surface area contributed by atoms with Crippen molar-refractivity contribution in [2.75, 3.05) is 0 Å². The molecule has 7 heteroatoms. The minimum absolute atomic E-state index is 0.0191. The number of ether oxygens (including phenoxy) is 1. The number of nitrogens with zero attached hydrogens (tertiary/aromatic N) is 3. The van der Waals surface area contributed by atoms with Gasteiger partial charge in [0.1, 0.15) is 11.8 Å². The van der Waals surface area contributed by atoms with Crippen molar-refractivity contribution in [3.63, 3.8) is 0 Å². The summed E-state index contributed by atoms with van der Waals surface area (Å²) < 4.78 is 5.42. The van der Waals surface area contributed by atoms with Gasteiger partial charge in [-0.3, -0.25) is 10.1 Å². The normalized spacial score (nSPS) is 10.3. The van der Waals surface area contributed by atoms with E-state index < -0.39 is 4.92 Å². The molecule has 0 radical (unpaired) electrons. The molecular formula is C13H12ClN3O3. The number of hydrogen-bond acceptors (Lipinski definition) is 5. The van der Waals surface area contributed by atoms with E-state index >= 15 is 0 Å². The predicted molar refractivity (Wildman–Crippen MR) is 73.9 cm³/mol. The van der Waals surface area contributed by atoms with E-state index in [0.717, 1.165) is 5.56 Å². The first-order chi connectivity index (χ1) is 9.45. The summed E-state index contributed by atoms with van der Waals surface area (Å²) in [5.41, 5.74) is 1.42. The van der Waals surface area contributed by atoms with Crippen molar-refractivity contribution in [2.24, 2.45) is 0 Å². The molecule has 6 nitrogen and oxygen atoms in total. The molecule has 0 N–H and O–H groups in total. The number of rotatable bonds is 4. The first-order valence-corrected chi connectivity index (χ1v) is 6.21. The highest BCUT2D eigenvalue weighted by atomic mass is 35.5. The largest absolute Gasteiger partial charge is 0.479 e. The second-order valence-electron chi connectivity index (χ2n) is 4.27. The van der Waals surface area contributed by atoms with Crippen LogP contribution in [0.4, 0.5) is 5.69 Å². The number of halogens is 1. The van der Waals surface area contributed by atoms with Gasteiger partial charge in [0.2, 0.25) is 0 Å². The highest BCUT2D eigenvalue weighted by Crippen LogP contribution is 2.28. The molecule has 0 spiro atoms. The van der Waals surface area contributed by atoms with E-state index in [1.54, 1.807) is 32.0 Å². The highest BCUT2D eigenvalue weighted by molar-refractivity contribution is 6.29. The van der Waals surface area contributed by atoms with Gasteiger partial charge in [0.25, 0.3) is 0 Å². The van der Waals surface area contributed by atoms with Gasteiger partial charge in [-0.05, 0) is 31.5 Å². The van der Waals surface area contributed by atoms with Crippen LogP contribution in [-0.2, 0) is 6.61 Å². The maximum atomic E-state index is 11.0. The number of aryl methyl sites for hydroxylation is 2. The summed E-state index contributed by atoms with van der Waals surface area (Å²) in [7, 11) is 0. The first kappa shape index (κ1) is 14.2. The molecule has 0 fully saturated rings. The Hall–Kier alpha value is -2.21. The molecule has 0 bridgehead atoms. The van der Waals surface area contributed by atoms with Crippen LogP contribution in [0.1, 0.15) is 17.1 Å². The fourth-order valence-electron chi connectivity index (χ4n) is 1.69. The van der Waals surface area contributed by atoms with Gasteiger partial charge in [0.15, 0.2) is 11.6 Å². The van der Waals surface area contributed by atoms with Gasteiger partial charge in [0.05, 0.1) is 4.92 Å². The Morgan fingerprint density at radius 2 is 2.05 bits per heavy atom. The van der Waals surface area contributed by atoms with Gasteiger partial charge in [-0.15, -0.1) is 0 Å². The number of aromatic nitrogens is 2. The molecule has 0 aliphatic heterocycles. The summed E-state index contributed by atoms with van der Waals surface area (Å²) in [6.07, 6.45) is 0. The minimum Gasteiger partial charge on any atom is -0.479 e. The summed E-state index contributed by atoms with van der Waals surface area (Å²) >= 11 is 5.82. The SMILES string of the molecule is Cc1ccc(OCc2nc(C)cc(Cl)n2)c([N+](=O)[O-])c1. The lowest BCUT2D eigenvalue weighted by Gasteiger charge is -2.07. The van der Waals surface area contributed by atoms with Gasteiger partial charge in [-0.25, -0.2) is 9.97 Å². The molecule has 0 aliphatic carbocycles. The second kappa shape index (κ2) is 5.83. The van der Waals surface area contributed by atoms with Crippen molar-refractivity contribution in [2.45, 2.75) is 20.5 Å². The number of nitro benzene ring substituents is 1. The summed E-state index contributed by atoms with van der Waals surface area (Å²) in [4.78, 5) is 18.6. The lowest BCUT2D eigenvalue weighted by molar-refractivity contribution is -0.386. The molecule has 1 aromatic carbocycles. The summed E-state index contributed by atoms with van der Waals surface area (Å²) in [5, 5.41) is 11.3. The van der Waals surface area contributed by atoms with Crippen molar-refractivity contribution in [1.29, 1.82) is 0 Å². The Morgan fingerprint density at radius 1 is 1.30 bits per heavy atom. The zero-order valence-corrected chi connectivity index (χ0v) is 11.7. The molecule has 2 rings (SSSR count). The van der Waals surface area contributed by atoms with Crippen molar-refractivity contribution in [1.82, 2.24) is 9.97 Å². The number of benzene rings is 1. The summed E-state index contributed by atoms with van der Waals surface area (Å²) in [5.74, 6) is 0.562. The van der Waals surface area contributed by atoms with Crippen LogP contribution in [0.3, 0.4) is 0 Å². The quantitative estimate of drug-likeness (QED) is 0.491. The first-order valence-electron chi connectivity index (χ1n) is 5.83. The highest BCUT2D eigenvalue weighted by Gasteiger charge is 2.15. The Kier molecular flexibility index (Phi) is 4.14. The third-order valence-electron chi connectivity index (χ3n) is 2.54. The van der Waals surface area contributed by atoms with E-state index in [1.807, 2.05) is 0 Å². The molecule has 0 saturated carbocycles. The molecule has 0 amide bonds. The molecule has 20 heavy (non-hydrogen) atoms. The van der Waals surface area contributed by atoms with Crippen molar-refractivity contribution in [3.8, 4) is 5.75 Å². The Balaban J connectivity index is 2.20. The Morgan fingerprint density at radius 3 is 2.70 bits per heavy atom. The Labute approximate surface area is 120 Å². The molecule has 1 aromatic heterocycles. The number of nitro groups is 1. The minimum atomic E-state index is -0.480. The third kappa shape index (κ3) is 3.42. The van der Waals surface area contributed by atoms with Crippen LogP contribution in [0, 0.1) is 24.0 Å². The van der Waals surface area contributed by atoms with Crippen LogP contribution >= 0.6 is 11.6 Å². The predicted octanol–water partition coefficient (Wildman–Crippen LogP) is 3.23. The molecule has 2 aromatic rings. The van der Waals surface area contributed by atoms with Gasteiger partial charge in [-0.1, -0.05) is 17.7 Å². The van der Waals surface area contributed by atoms with E-state index in [2.05, 4.69) is 9.97 Å².